The van der Waals surface area contributed by atoms with E-state index in [1.165, 1.54) is 18.2 Å². The van der Waals surface area contributed by atoms with Crippen molar-refractivity contribution in [1.29, 1.82) is 0 Å². The van der Waals surface area contributed by atoms with Gasteiger partial charge in [0.25, 0.3) is 15.9 Å². The summed E-state index contributed by atoms with van der Waals surface area (Å²) in [6.45, 7) is 6.86. The fourth-order valence-electron chi connectivity index (χ4n) is 6.28. The molecule has 0 spiro atoms. The summed E-state index contributed by atoms with van der Waals surface area (Å²) in [6.07, 6.45) is 5.74. The van der Waals surface area contributed by atoms with E-state index in [1.54, 1.807) is 0 Å². The Morgan fingerprint density at radius 2 is 1.81 bits per heavy atom. The highest BCUT2D eigenvalue weighted by molar-refractivity contribution is 7.92. The Labute approximate surface area is 218 Å². The van der Waals surface area contributed by atoms with Gasteiger partial charge in [0.1, 0.15) is 16.2 Å². The number of nitrogens with zero attached hydrogens (tertiary/aromatic N) is 2. The van der Waals surface area contributed by atoms with Gasteiger partial charge in [0.2, 0.25) is 10.0 Å². The molecule has 12 heteroatoms. The maximum absolute atomic E-state index is 13.9. The van der Waals surface area contributed by atoms with Crippen LogP contribution >= 0.6 is 0 Å². The molecule has 6 rings (SSSR count). The average Bonchev–Trinajstić information content (AvgIpc) is 2.78. The second kappa shape index (κ2) is 8.72. The largest absolute Gasteiger partial charge is 0.511 e. The van der Waals surface area contributed by atoms with Crippen molar-refractivity contribution in [3.8, 4) is 0 Å². The number of anilines is 2. The number of carbonyl (C=O) groups excluding carboxylic acids is 1. The van der Waals surface area contributed by atoms with Crippen LogP contribution in [0.25, 0.3) is 0 Å². The number of sulfonamides is 2. The van der Waals surface area contributed by atoms with E-state index in [9.17, 15) is 26.7 Å². The lowest BCUT2D eigenvalue weighted by Gasteiger charge is -2.55. The lowest BCUT2D eigenvalue weighted by molar-refractivity contribution is -0.139. The van der Waals surface area contributed by atoms with E-state index in [4.69, 9.17) is 0 Å². The van der Waals surface area contributed by atoms with E-state index in [2.05, 4.69) is 35.2 Å². The minimum absolute atomic E-state index is 0.00652. The summed E-state index contributed by atoms with van der Waals surface area (Å²) in [7, 11) is -7.90. The number of carbonyl (C=O) groups is 1. The van der Waals surface area contributed by atoms with Crippen LogP contribution in [0.1, 0.15) is 52.9 Å². The van der Waals surface area contributed by atoms with Crippen molar-refractivity contribution in [3.05, 3.63) is 29.5 Å². The number of hydrogen-bond donors (Lipinski definition) is 3. The zero-order chi connectivity index (χ0) is 26.9. The Morgan fingerprint density at radius 1 is 1.16 bits per heavy atom. The molecule has 3 N–H and O–H groups in total. The van der Waals surface area contributed by atoms with Gasteiger partial charge in [0.05, 0.1) is 11.9 Å². The number of amidine groups is 1. The molecule has 2 aliphatic heterocycles. The van der Waals surface area contributed by atoms with Crippen LogP contribution in [-0.2, 0) is 24.8 Å². The van der Waals surface area contributed by atoms with Gasteiger partial charge in [-0.15, -0.1) is 4.40 Å². The smallest absolute Gasteiger partial charge is 0.286 e. The van der Waals surface area contributed by atoms with Crippen LogP contribution in [0.5, 0.6) is 0 Å². The first-order valence-electron chi connectivity index (χ1n) is 12.6. The minimum Gasteiger partial charge on any atom is -0.511 e. The Bertz CT molecular complexity index is 1420. The van der Waals surface area contributed by atoms with Crippen molar-refractivity contribution in [3.63, 3.8) is 0 Å². The fraction of sp³-hybridized carbons (Fsp3) is 0.600. The molecule has 2 atom stereocenters. The number of fused-ring (bicyclic) bond motifs is 3. The highest BCUT2D eigenvalue weighted by Gasteiger charge is 2.54. The molecule has 3 saturated carbocycles. The molecule has 1 amide bonds. The van der Waals surface area contributed by atoms with Crippen LogP contribution in [0.4, 0.5) is 11.4 Å². The molecule has 37 heavy (non-hydrogen) atoms. The van der Waals surface area contributed by atoms with Gasteiger partial charge in [0, 0.05) is 24.2 Å². The number of hydrogen-bond acceptors (Lipinski definition) is 7. The lowest BCUT2D eigenvalue weighted by atomic mass is 9.59. The third-order valence-corrected chi connectivity index (χ3v) is 9.87. The Balaban J connectivity index is 1.56. The van der Waals surface area contributed by atoms with E-state index in [0.717, 1.165) is 38.4 Å². The first-order valence-corrected chi connectivity index (χ1v) is 16.0. The number of benzene rings is 1. The van der Waals surface area contributed by atoms with E-state index in [1.807, 2.05) is 4.90 Å². The topological polar surface area (TPSA) is 145 Å². The van der Waals surface area contributed by atoms with Gasteiger partial charge in [-0.3, -0.25) is 9.52 Å². The van der Waals surface area contributed by atoms with Gasteiger partial charge in [-0.2, -0.15) is 8.42 Å². The third-order valence-electron chi connectivity index (χ3n) is 7.95. The molecule has 5 aliphatic rings. The highest BCUT2D eigenvalue weighted by Crippen LogP contribution is 2.52. The van der Waals surface area contributed by atoms with Gasteiger partial charge in [-0.1, -0.05) is 20.8 Å². The Hall–Kier alpha value is -2.60. The predicted octanol–water partition coefficient (Wildman–Crippen LogP) is 3.47. The molecule has 10 nitrogen and oxygen atoms in total. The summed E-state index contributed by atoms with van der Waals surface area (Å²) < 4.78 is 55.7. The second-order valence-electron chi connectivity index (χ2n) is 11.9. The van der Waals surface area contributed by atoms with Gasteiger partial charge in [0.15, 0.2) is 5.84 Å². The number of aliphatic hydroxyl groups is 1. The first kappa shape index (κ1) is 26.0. The van der Waals surface area contributed by atoms with Crippen LogP contribution in [0.2, 0.25) is 0 Å². The average molecular weight is 551 g/mol. The van der Waals surface area contributed by atoms with Crippen LogP contribution in [0.3, 0.4) is 0 Å². The number of aliphatic hydroxyl groups excluding tert-OH is 1. The first-order chi connectivity index (χ1) is 17.1. The molecular weight excluding hydrogens is 516 g/mol. The molecule has 3 fully saturated rings. The second-order valence-corrected chi connectivity index (χ2v) is 15.2. The normalized spacial score (nSPS) is 28.8. The number of amides is 1. The van der Waals surface area contributed by atoms with Gasteiger partial charge >= 0.3 is 0 Å². The molecule has 0 aromatic heterocycles. The molecule has 1 aromatic rings. The summed E-state index contributed by atoms with van der Waals surface area (Å²) in [5.41, 5.74) is 0.143. The summed E-state index contributed by atoms with van der Waals surface area (Å²) >= 11 is 0. The van der Waals surface area contributed by atoms with E-state index >= 15 is 0 Å². The fourth-order valence-corrected chi connectivity index (χ4v) is 7.98. The lowest BCUT2D eigenvalue weighted by Crippen LogP contribution is -2.60. The molecule has 2 unspecified atom stereocenters. The highest BCUT2D eigenvalue weighted by atomic mass is 32.2. The van der Waals surface area contributed by atoms with Crippen molar-refractivity contribution in [2.45, 2.75) is 63.8 Å². The third kappa shape index (κ3) is 4.85. The summed E-state index contributed by atoms with van der Waals surface area (Å²) in [5, 5.41) is 14.4. The minimum atomic E-state index is -4.28. The molecule has 202 valence electrons. The van der Waals surface area contributed by atoms with Gasteiger partial charge in [-0.25, -0.2) is 8.42 Å². The quantitative estimate of drug-likeness (QED) is 0.509. The maximum Gasteiger partial charge on any atom is 0.286 e. The van der Waals surface area contributed by atoms with Crippen molar-refractivity contribution in [2.75, 3.05) is 22.8 Å². The van der Waals surface area contributed by atoms with Gasteiger partial charge in [-0.05, 0) is 67.6 Å². The zero-order valence-corrected chi connectivity index (χ0v) is 23.1. The van der Waals surface area contributed by atoms with Crippen molar-refractivity contribution >= 4 is 43.2 Å². The van der Waals surface area contributed by atoms with Crippen LogP contribution in [0.15, 0.2) is 38.8 Å². The Morgan fingerprint density at radius 3 is 2.43 bits per heavy atom. The molecule has 1 aromatic carbocycles. The maximum atomic E-state index is 13.9. The van der Waals surface area contributed by atoms with E-state index < -0.39 is 26.0 Å². The van der Waals surface area contributed by atoms with Crippen molar-refractivity contribution in [1.82, 2.24) is 4.90 Å². The number of nitrogens with one attached hydrogen (secondary N) is 2. The van der Waals surface area contributed by atoms with E-state index in [-0.39, 0.29) is 56.7 Å². The standard InChI is InChI=1S/C25H34N4O6S2/c1-25(2,3)11-12-29-21-15-7-5-14(6-8-15)19(21)22(30)20(24(29)31)23-26-17-10-9-16(27-36(4,32)33)13-18(17)37(34,35)28-23/h9-10,13-15,19,21,27,30H,5-8,11-12H2,1-4H3,(H,26,28). The summed E-state index contributed by atoms with van der Waals surface area (Å²) in [4.78, 5) is 15.6. The SMILES string of the molecule is CC(C)(C)CCN1C(=O)C(C2=NS(=O)(=O)c3cc(NS(C)(=O)=O)ccc3N2)=C(O)C2C3CCC(CC3)C21. The Kier molecular flexibility index (Phi) is 6.14. The van der Waals surface area contributed by atoms with Crippen LogP contribution in [-0.4, -0.2) is 57.4 Å². The predicted molar refractivity (Wildman–Crippen MR) is 141 cm³/mol. The monoisotopic (exact) mass is 550 g/mol. The number of rotatable bonds is 5. The van der Waals surface area contributed by atoms with Crippen LogP contribution < -0.4 is 10.0 Å². The van der Waals surface area contributed by atoms with Crippen LogP contribution in [0, 0.1) is 23.2 Å². The summed E-state index contributed by atoms with van der Waals surface area (Å²) in [6, 6.07) is 3.93. The van der Waals surface area contributed by atoms with Crippen molar-refractivity contribution < 1.29 is 26.7 Å². The molecule has 2 bridgehead atoms. The van der Waals surface area contributed by atoms with E-state index in [0.29, 0.717) is 12.5 Å². The molecule has 3 aliphatic carbocycles. The molecule has 0 radical (unpaired) electrons. The zero-order valence-electron chi connectivity index (χ0n) is 21.5. The van der Waals surface area contributed by atoms with Gasteiger partial charge < -0.3 is 15.3 Å². The van der Waals surface area contributed by atoms with Crippen molar-refractivity contribution in [2.24, 2.45) is 27.6 Å². The molecular formula is C25H34N4O6S2. The molecule has 2 heterocycles. The summed E-state index contributed by atoms with van der Waals surface area (Å²) in [5.74, 6) is -0.371. The molecule has 0 saturated heterocycles.